The molecule has 1 aliphatic carbocycles. The molecule has 0 aromatic heterocycles. The van der Waals surface area contributed by atoms with Crippen molar-refractivity contribution in [3.8, 4) is 0 Å². The third-order valence-corrected chi connectivity index (χ3v) is 6.81. The van der Waals surface area contributed by atoms with Gasteiger partial charge >= 0.3 is 6.18 Å². The zero-order valence-electron chi connectivity index (χ0n) is 18.4. The molecule has 174 valence electrons. The highest BCUT2D eigenvalue weighted by Gasteiger charge is 2.59. The first-order valence-corrected chi connectivity index (χ1v) is 11.5. The fraction of sp³-hybridized carbons (Fsp3) is 0.440. The van der Waals surface area contributed by atoms with Crippen LogP contribution in [0.3, 0.4) is 0 Å². The van der Waals surface area contributed by atoms with Crippen LogP contribution in [0.1, 0.15) is 43.4 Å². The molecule has 2 nitrogen and oxygen atoms in total. The van der Waals surface area contributed by atoms with E-state index in [2.05, 4.69) is 11.9 Å². The minimum atomic E-state index is -4.41. The van der Waals surface area contributed by atoms with Gasteiger partial charge in [-0.25, -0.2) is 0 Å². The van der Waals surface area contributed by atoms with Crippen LogP contribution >= 0.6 is 23.2 Å². The lowest BCUT2D eigenvalue weighted by molar-refractivity contribution is -0.184. The maximum atomic E-state index is 14.1. The number of nitrogens with zero attached hydrogens (tertiary/aromatic N) is 1. The second kappa shape index (κ2) is 10.1. The van der Waals surface area contributed by atoms with Gasteiger partial charge in [0, 0.05) is 34.9 Å². The average Bonchev–Trinajstić information content (AvgIpc) is 3.48. The molecule has 2 fully saturated rings. The van der Waals surface area contributed by atoms with Gasteiger partial charge in [0.05, 0.1) is 0 Å². The molecule has 2 aliphatic rings. The summed E-state index contributed by atoms with van der Waals surface area (Å²) in [7, 11) is 1.87. The molecule has 2 aromatic rings. The highest BCUT2D eigenvalue weighted by molar-refractivity contribution is 6.34. The summed E-state index contributed by atoms with van der Waals surface area (Å²) in [6.07, 6.45) is 0.366. The Balaban J connectivity index is 0.000000509. The topological polar surface area (TPSA) is 15.3 Å². The van der Waals surface area contributed by atoms with Crippen molar-refractivity contribution < 1.29 is 13.2 Å². The number of hydrogen-bond acceptors (Lipinski definition) is 2. The van der Waals surface area contributed by atoms with Gasteiger partial charge in [0.15, 0.2) is 0 Å². The molecule has 1 aliphatic heterocycles. The molecular formula is C25H29Cl2F3N2. The van der Waals surface area contributed by atoms with Crippen molar-refractivity contribution in [2.75, 3.05) is 25.0 Å². The third-order valence-electron chi connectivity index (χ3n) is 6.37. The summed E-state index contributed by atoms with van der Waals surface area (Å²) in [6, 6.07) is 12.0. The fourth-order valence-corrected chi connectivity index (χ4v) is 4.49. The van der Waals surface area contributed by atoms with Crippen LogP contribution in [0.5, 0.6) is 0 Å². The molecule has 1 saturated carbocycles. The number of alkyl halides is 3. The first kappa shape index (κ1) is 24.9. The number of allylic oxidation sites excluding steroid dienone is 1. The first-order chi connectivity index (χ1) is 15.1. The van der Waals surface area contributed by atoms with Gasteiger partial charge in [-0.15, -0.1) is 6.58 Å². The molecule has 32 heavy (non-hydrogen) atoms. The molecule has 0 radical (unpaired) electrons. The Kier molecular flexibility index (Phi) is 7.85. The summed E-state index contributed by atoms with van der Waals surface area (Å²) in [5, 5.41) is 3.57. The summed E-state index contributed by atoms with van der Waals surface area (Å²) < 4.78 is 42.4. The predicted octanol–water partition coefficient (Wildman–Crippen LogP) is 7.57. The van der Waals surface area contributed by atoms with E-state index in [-0.39, 0.29) is 34.6 Å². The fourth-order valence-electron chi connectivity index (χ4n) is 3.96. The Hall–Kier alpha value is -1.69. The molecular weight excluding hydrogens is 456 g/mol. The zero-order chi connectivity index (χ0) is 23.5. The maximum Gasteiger partial charge on any atom is 0.400 e. The lowest BCUT2D eigenvalue weighted by Crippen LogP contribution is -2.44. The normalized spacial score (nSPS) is 21.7. The SMILES string of the molecule is C=CC1CC1.CNC(C)c1ccc(N2CCC(c3cc(Cl)cc(Cl)c3)(C(F)(F)F)C2)cc1. The van der Waals surface area contributed by atoms with Crippen molar-refractivity contribution in [3.63, 3.8) is 0 Å². The molecule has 4 rings (SSSR count). The number of nitrogens with one attached hydrogen (secondary N) is 1. The molecule has 2 atom stereocenters. The van der Waals surface area contributed by atoms with E-state index >= 15 is 0 Å². The molecule has 2 aromatic carbocycles. The van der Waals surface area contributed by atoms with E-state index in [4.69, 9.17) is 23.2 Å². The second-order valence-electron chi connectivity index (χ2n) is 8.58. The highest BCUT2D eigenvalue weighted by Crippen LogP contribution is 2.49. The molecule has 1 N–H and O–H groups in total. The molecule has 0 spiro atoms. The Bertz CT molecular complexity index is 906. The molecule has 2 unspecified atom stereocenters. The van der Waals surface area contributed by atoms with E-state index in [1.807, 2.05) is 44.3 Å². The monoisotopic (exact) mass is 484 g/mol. The number of halogens is 5. The maximum absolute atomic E-state index is 14.1. The Morgan fingerprint density at radius 2 is 1.72 bits per heavy atom. The van der Waals surface area contributed by atoms with Gasteiger partial charge in [-0.2, -0.15) is 13.2 Å². The molecule has 7 heteroatoms. The van der Waals surface area contributed by atoms with Crippen molar-refractivity contribution in [1.82, 2.24) is 5.32 Å². The summed E-state index contributed by atoms with van der Waals surface area (Å²) in [4.78, 5) is 1.77. The Morgan fingerprint density at radius 3 is 2.16 bits per heavy atom. The number of hydrogen-bond donors (Lipinski definition) is 1. The van der Waals surface area contributed by atoms with Crippen molar-refractivity contribution in [2.24, 2.45) is 5.92 Å². The van der Waals surface area contributed by atoms with E-state index < -0.39 is 11.6 Å². The van der Waals surface area contributed by atoms with Gasteiger partial charge in [-0.1, -0.05) is 41.4 Å². The molecule has 1 saturated heterocycles. The van der Waals surface area contributed by atoms with Gasteiger partial charge in [0.2, 0.25) is 0 Å². The van der Waals surface area contributed by atoms with Crippen LogP contribution in [0.15, 0.2) is 55.1 Å². The van der Waals surface area contributed by atoms with Crippen LogP contribution in [0.2, 0.25) is 10.0 Å². The first-order valence-electron chi connectivity index (χ1n) is 10.8. The van der Waals surface area contributed by atoms with Crippen LogP contribution < -0.4 is 10.2 Å². The van der Waals surface area contributed by atoms with Crippen molar-refractivity contribution >= 4 is 28.9 Å². The smallest absolute Gasteiger partial charge is 0.370 e. The second-order valence-corrected chi connectivity index (χ2v) is 9.46. The average molecular weight is 485 g/mol. The lowest BCUT2D eigenvalue weighted by Gasteiger charge is -2.33. The van der Waals surface area contributed by atoms with E-state index in [9.17, 15) is 13.2 Å². The third kappa shape index (κ3) is 5.62. The van der Waals surface area contributed by atoms with Crippen LogP contribution in [0, 0.1) is 5.92 Å². The Morgan fingerprint density at radius 1 is 1.12 bits per heavy atom. The quantitative estimate of drug-likeness (QED) is 0.440. The van der Waals surface area contributed by atoms with E-state index in [1.165, 1.54) is 31.0 Å². The van der Waals surface area contributed by atoms with Gasteiger partial charge in [0.1, 0.15) is 5.41 Å². The Labute approximate surface area is 198 Å². The van der Waals surface area contributed by atoms with E-state index in [0.29, 0.717) is 6.54 Å². The van der Waals surface area contributed by atoms with Gasteiger partial charge < -0.3 is 10.2 Å². The number of benzene rings is 2. The van der Waals surface area contributed by atoms with Crippen LogP contribution in [0.4, 0.5) is 18.9 Å². The number of anilines is 1. The minimum absolute atomic E-state index is 0.0398. The van der Waals surface area contributed by atoms with Gasteiger partial charge in [-0.3, -0.25) is 0 Å². The number of rotatable bonds is 5. The lowest BCUT2D eigenvalue weighted by atomic mass is 9.79. The van der Waals surface area contributed by atoms with E-state index in [0.717, 1.165) is 17.2 Å². The summed E-state index contributed by atoms with van der Waals surface area (Å²) >= 11 is 12.0. The molecule has 0 bridgehead atoms. The van der Waals surface area contributed by atoms with Crippen LogP contribution in [0.25, 0.3) is 0 Å². The summed E-state index contributed by atoms with van der Waals surface area (Å²) in [6.45, 7) is 5.80. The summed E-state index contributed by atoms with van der Waals surface area (Å²) in [5.41, 5.74) is -0.000693. The van der Waals surface area contributed by atoms with Crippen molar-refractivity contribution in [1.29, 1.82) is 0 Å². The van der Waals surface area contributed by atoms with Crippen LogP contribution in [-0.2, 0) is 5.41 Å². The largest absolute Gasteiger partial charge is 0.400 e. The zero-order valence-corrected chi connectivity index (χ0v) is 19.9. The predicted molar refractivity (Wildman–Crippen MR) is 128 cm³/mol. The van der Waals surface area contributed by atoms with Crippen molar-refractivity contribution in [3.05, 3.63) is 76.3 Å². The molecule has 0 amide bonds. The molecule has 1 heterocycles. The summed E-state index contributed by atoms with van der Waals surface area (Å²) in [5.74, 6) is 0.898. The standard InChI is InChI=1S/C20H21Cl2F3N2.C5H8/c1-13(26-2)14-3-5-18(6-4-14)27-8-7-19(12-27,20(23,24)25)15-9-16(21)11-17(22)10-15;1-2-5-3-4-5/h3-6,9-11,13,26H,7-8,12H2,1-2H3;2,5H,1,3-4H2. The van der Waals surface area contributed by atoms with Gasteiger partial charge in [0.25, 0.3) is 0 Å². The van der Waals surface area contributed by atoms with Gasteiger partial charge in [-0.05, 0) is 80.6 Å². The van der Waals surface area contributed by atoms with Crippen LogP contribution in [-0.4, -0.2) is 26.3 Å². The van der Waals surface area contributed by atoms with Crippen molar-refractivity contribution in [2.45, 2.75) is 43.8 Å². The highest BCUT2D eigenvalue weighted by atomic mass is 35.5. The van der Waals surface area contributed by atoms with E-state index in [1.54, 1.807) is 4.90 Å². The minimum Gasteiger partial charge on any atom is -0.370 e.